The van der Waals surface area contributed by atoms with E-state index in [4.69, 9.17) is 0 Å². The summed E-state index contributed by atoms with van der Waals surface area (Å²) < 4.78 is 38.7. The molecule has 1 aromatic heterocycles. The fourth-order valence-corrected chi connectivity index (χ4v) is 1.43. The van der Waals surface area contributed by atoms with E-state index in [1.165, 1.54) is 0 Å². The molecule has 1 aliphatic heterocycles. The summed E-state index contributed by atoms with van der Waals surface area (Å²) in [7, 11) is 0. The molecule has 0 fully saturated rings. The fourth-order valence-electron chi connectivity index (χ4n) is 1.11. The summed E-state index contributed by atoms with van der Waals surface area (Å²) in [4.78, 5) is 13.9. The number of pyridine rings is 1. The predicted molar refractivity (Wildman–Crippen MR) is 44.4 cm³/mol. The molecule has 0 spiro atoms. The van der Waals surface area contributed by atoms with Crippen molar-refractivity contribution in [2.24, 2.45) is 0 Å². The third-order valence-electron chi connectivity index (χ3n) is 1.79. The molecule has 0 saturated carbocycles. The molecule has 1 aromatic rings. The third kappa shape index (κ3) is 1.12. The van der Waals surface area contributed by atoms with Crippen LogP contribution >= 0.6 is 15.9 Å². The number of rotatable bonds is 0. The van der Waals surface area contributed by atoms with Gasteiger partial charge in [0.15, 0.2) is 0 Å². The number of anilines is 1. The number of halogens is 4. The van der Waals surface area contributed by atoms with Crippen LogP contribution in [-0.2, 0) is 10.7 Å². The minimum atomic E-state index is -3.64. The van der Waals surface area contributed by atoms with Crippen molar-refractivity contribution in [1.82, 2.24) is 4.98 Å². The van der Waals surface area contributed by atoms with Crippen molar-refractivity contribution in [3.8, 4) is 0 Å². The molecule has 7 heteroatoms. The molecule has 0 atom stereocenters. The lowest BCUT2D eigenvalue weighted by Gasteiger charge is -2.05. The Labute approximate surface area is 84.5 Å². The van der Waals surface area contributed by atoms with Gasteiger partial charge in [-0.15, -0.1) is 0 Å². The van der Waals surface area contributed by atoms with Crippen LogP contribution in [0.25, 0.3) is 0 Å². The summed E-state index contributed by atoms with van der Waals surface area (Å²) >= 11 is 2.71. The van der Waals surface area contributed by atoms with Gasteiger partial charge in [-0.3, -0.25) is 4.79 Å². The van der Waals surface area contributed by atoms with E-state index in [0.29, 0.717) is 0 Å². The standard InChI is InChI=1S/C7H2BrF3N2O/c8-3-1-2-5(12-4(3)9)13-6(14)7(2,10)11/h1H,(H,12,13,14). The smallest absolute Gasteiger partial charge is 0.305 e. The summed E-state index contributed by atoms with van der Waals surface area (Å²) in [5.41, 5.74) is -0.615. The van der Waals surface area contributed by atoms with Gasteiger partial charge in [0.2, 0.25) is 5.95 Å². The average Bonchev–Trinajstić information content (AvgIpc) is 2.28. The minimum absolute atomic E-state index is 0.201. The molecule has 0 bridgehead atoms. The zero-order valence-electron chi connectivity index (χ0n) is 6.44. The molecular weight excluding hydrogens is 265 g/mol. The molecule has 2 heterocycles. The molecule has 0 radical (unpaired) electrons. The number of carbonyl (C=O) groups is 1. The zero-order chi connectivity index (χ0) is 10.5. The number of nitrogens with zero attached hydrogens (tertiary/aromatic N) is 1. The largest absolute Gasteiger partial charge is 0.353 e. The van der Waals surface area contributed by atoms with Gasteiger partial charge in [-0.1, -0.05) is 0 Å². The first kappa shape index (κ1) is 9.45. The van der Waals surface area contributed by atoms with E-state index in [1.807, 2.05) is 0 Å². The number of carbonyl (C=O) groups excluding carboxylic acids is 1. The van der Waals surface area contributed by atoms with E-state index >= 15 is 0 Å². The van der Waals surface area contributed by atoms with E-state index in [0.717, 1.165) is 6.07 Å². The first-order chi connectivity index (χ1) is 6.43. The molecule has 1 aliphatic rings. The van der Waals surface area contributed by atoms with Gasteiger partial charge in [0.1, 0.15) is 5.82 Å². The van der Waals surface area contributed by atoms with Gasteiger partial charge in [-0.2, -0.15) is 13.2 Å². The summed E-state index contributed by atoms with van der Waals surface area (Å²) in [5.74, 6) is -6.50. The molecule has 1 amide bonds. The van der Waals surface area contributed by atoms with Crippen LogP contribution < -0.4 is 5.32 Å². The second-order valence-corrected chi connectivity index (χ2v) is 3.54. The summed E-state index contributed by atoms with van der Waals surface area (Å²) in [6.07, 6.45) is 0. The number of amides is 1. The fraction of sp³-hybridized carbons (Fsp3) is 0.143. The van der Waals surface area contributed by atoms with Crippen LogP contribution in [0.5, 0.6) is 0 Å². The Balaban J connectivity index is 2.67. The highest BCUT2D eigenvalue weighted by atomic mass is 79.9. The first-order valence-electron chi connectivity index (χ1n) is 3.48. The van der Waals surface area contributed by atoms with Crippen LogP contribution in [0.4, 0.5) is 19.0 Å². The van der Waals surface area contributed by atoms with Gasteiger partial charge in [0.05, 0.1) is 10.0 Å². The van der Waals surface area contributed by atoms with E-state index in [1.54, 1.807) is 5.32 Å². The third-order valence-corrected chi connectivity index (χ3v) is 2.34. The normalized spacial score (nSPS) is 17.9. The molecular formula is C7H2BrF3N2O. The maximum Gasteiger partial charge on any atom is 0.353 e. The van der Waals surface area contributed by atoms with E-state index < -0.39 is 29.2 Å². The van der Waals surface area contributed by atoms with Crippen LogP contribution in [0.3, 0.4) is 0 Å². The Hall–Kier alpha value is -1.11. The Morgan fingerprint density at radius 1 is 1.50 bits per heavy atom. The van der Waals surface area contributed by atoms with Crippen molar-refractivity contribution in [2.75, 3.05) is 5.32 Å². The molecule has 0 aliphatic carbocycles. The molecule has 0 saturated heterocycles. The first-order valence-corrected chi connectivity index (χ1v) is 4.28. The summed E-state index contributed by atoms with van der Waals surface area (Å²) in [5, 5.41) is 1.79. The molecule has 0 aromatic carbocycles. The number of hydrogen-bond donors (Lipinski definition) is 1. The van der Waals surface area contributed by atoms with Crippen molar-refractivity contribution in [3.63, 3.8) is 0 Å². The van der Waals surface area contributed by atoms with Crippen LogP contribution in [0.2, 0.25) is 0 Å². The Kier molecular flexibility index (Phi) is 1.82. The van der Waals surface area contributed by atoms with E-state index in [2.05, 4.69) is 20.9 Å². The number of hydrogen-bond acceptors (Lipinski definition) is 2. The molecule has 74 valence electrons. The summed E-state index contributed by atoms with van der Waals surface area (Å²) in [6.45, 7) is 0. The lowest BCUT2D eigenvalue weighted by molar-refractivity contribution is -0.139. The molecule has 1 N–H and O–H groups in total. The monoisotopic (exact) mass is 266 g/mol. The topological polar surface area (TPSA) is 42.0 Å². The lowest BCUT2D eigenvalue weighted by atomic mass is 10.2. The maximum absolute atomic E-state index is 13.0. The van der Waals surface area contributed by atoms with Gasteiger partial charge in [-0.05, 0) is 22.0 Å². The van der Waals surface area contributed by atoms with E-state index in [-0.39, 0.29) is 4.47 Å². The number of nitrogens with one attached hydrogen (secondary N) is 1. The van der Waals surface area contributed by atoms with E-state index in [9.17, 15) is 18.0 Å². The quantitative estimate of drug-likeness (QED) is 0.731. The number of alkyl halides is 2. The Morgan fingerprint density at radius 3 is 2.79 bits per heavy atom. The van der Waals surface area contributed by atoms with Crippen molar-refractivity contribution in [1.29, 1.82) is 0 Å². The summed E-state index contributed by atoms with van der Waals surface area (Å²) in [6, 6.07) is 0.843. The van der Waals surface area contributed by atoms with Crippen molar-refractivity contribution in [2.45, 2.75) is 5.92 Å². The predicted octanol–water partition coefficient (Wildman–Crippen LogP) is 2.03. The highest BCUT2D eigenvalue weighted by Crippen LogP contribution is 2.40. The van der Waals surface area contributed by atoms with Gasteiger partial charge >= 0.3 is 11.8 Å². The van der Waals surface area contributed by atoms with Crippen LogP contribution in [0, 0.1) is 5.95 Å². The Bertz CT molecular complexity index is 435. The molecule has 14 heavy (non-hydrogen) atoms. The minimum Gasteiger partial charge on any atom is -0.305 e. The number of fused-ring (bicyclic) bond motifs is 1. The van der Waals surface area contributed by atoms with Crippen molar-refractivity contribution < 1.29 is 18.0 Å². The van der Waals surface area contributed by atoms with Gasteiger partial charge < -0.3 is 5.32 Å². The van der Waals surface area contributed by atoms with Gasteiger partial charge in [-0.25, -0.2) is 4.98 Å². The molecule has 0 unspecified atom stereocenters. The van der Waals surface area contributed by atoms with Gasteiger partial charge in [0.25, 0.3) is 0 Å². The van der Waals surface area contributed by atoms with Crippen molar-refractivity contribution >= 4 is 27.7 Å². The average molecular weight is 267 g/mol. The SMILES string of the molecule is O=C1Nc2nc(F)c(Br)cc2C1(F)F. The molecule has 2 rings (SSSR count). The van der Waals surface area contributed by atoms with Crippen LogP contribution in [0.15, 0.2) is 10.5 Å². The highest BCUT2D eigenvalue weighted by Gasteiger charge is 2.49. The maximum atomic E-state index is 13.0. The molecule has 3 nitrogen and oxygen atoms in total. The second-order valence-electron chi connectivity index (χ2n) is 2.69. The highest BCUT2D eigenvalue weighted by molar-refractivity contribution is 9.10. The van der Waals surface area contributed by atoms with Gasteiger partial charge in [0, 0.05) is 0 Å². The lowest BCUT2D eigenvalue weighted by Crippen LogP contribution is -2.23. The van der Waals surface area contributed by atoms with Crippen LogP contribution in [-0.4, -0.2) is 10.9 Å². The van der Waals surface area contributed by atoms with Crippen molar-refractivity contribution in [3.05, 3.63) is 22.1 Å². The number of aromatic nitrogens is 1. The Morgan fingerprint density at radius 2 is 2.14 bits per heavy atom. The zero-order valence-corrected chi connectivity index (χ0v) is 8.03. The second kappa shape index (κ2) is 2.69. The van der Waals surface area contributed by atoms with Crippen LogP contribution in [0.1, 0.15) is 5.56 Å².